The smallest absolute Gasteiger partial charge is 0.213 e. The molecule has 1 saturated carbocycles. The van der Waals surface area contributed by atoms with Crippen molar-refractivity contribution in [1.82, 2.24) is 9.62 Å². The van der Waals surface area contributed by atoms with Crippen LogP contribution in [-0.2, 0) is 10.0 Å². The van der Waals surface area contributed by atoms with Crippen LogP contribution >= 0.6 is 0 Å². The lowest BCUT2D eigenvalue weighted by Crippen LogP contribution is -2.44. The Morgan fingerprint density at radius 1 is 1.28 bits per heavy atom. The summed E-state index contributed by atoms with van der Waals surface area (Å²) in [5.74, 6) is 0.236. The molecule has 18 heavy (non-hydrogen) atoms. The Morgan fingerprint density at radius 3 is 2.50 bits per heavy atom. The topological polar surface area (TPSA) is 49.4 Å². The number of sulfonamides is 1. The fraction of sp³-hybridized carbons (Fsp3) is 1.00. The Bertz CT molecular complexity index is 350. The van der Waals surface area contributed by atoms with E-state index in [1.54, 1.807) is 14.1 Å². The largest absolute Gasteiger partial charge is 0.313 e. The molecule has 1 aliphatic rings. The van der Waals surface area contributed by atoms with E-state index in [0.29, 0.717) is 17.9 Å². The third-order valence-corrected chi connectivity index (χ3v) is 5.95. The zero-order valence-electron chi connectivity index (χ0n) is 12.2. The van der Waals surface area contributed by atoms with Crippen LogP contribution in [-0.4, -0.2) is 45.2 Å². The summed E-state index contributed by atoms with van der Waals surface area (Å²) in [7, 11) is 0.144. The molecule has 1 N–H and O–H groups in total. The van der Waals surface area contributed by atoms with Gasteiger partial charge in [0.2, 0.25) is 10.0 Å². The zero-order chi connectivity index (χ0) is 13.8. The summed E-state index contributed by atoms with van der Waals surface area (Å²) in [6.45, 7) is 5.40. The molecule has 0 aromatic heterocycles. The number of nitrogens with zero attached hydrogens (tertiary/aromatic N) is 1. The van der Waals surface area contributed by atoms with Gasteiger partial charge in [-0.1, -0.05) is 26.7 Å². The first-order chi connectivity index (χ1) is 8.26. The summed E-state index contributed by atoms with van der Waals surface area (Å²) in [6, 6.07) is 0.535. The summed E-state index contributed by atoms with van der Waals surface area (Å²) < 4.78 is 24.5. The third kappa shape index (κ3) is 4.52. The van der Waals surface area contributed by atoms with E-state index in [1.165, 1.54) is 30.0 Å². The second-order valence-corrected chi connectivity index (χ2v) is 8.50. The predicted molar refractivity (Wildman–Crippen MR) is 76.1 cm³/mol. The van der Waals surface area contributed by atoms with Crippen molar-refractivity contribution in [1.29, 1.82) is 0 Å². The Balaban J connectivity index is 2.30. The second-order valence-electron chi connectivity index (χ2n) is 6.19. The minimum Gasteiger partial charge on any atom is -0.313 e. The Morgan fingerprint density at radius 2 is 1.94 bits per heavy atom. The van der Waals surface area contributed by atoms with Crippen LogP contribution in [0.2, 0.25) is 0 Å². The van der Waals surface area contributed by atoms with Crippen molar-refractivity contribution in [3.63, 3.8) is 0 Å². The molecule has 0 aliphatic heterocycles. The van der Waals surface area contributed by atoms with Crippen LogP contribution in [0.4, 0.5) is 0 Å². The fourth-order valence-corrected chi connectivity index (χ4v) is 3.46. The van der Waals surface area contributed by atoms with Gasteiger partial charge in [0.1, 0.15) is 0 Å². The zero-order valence-corrected chi connectivity index (χ0v) is 13.0. The van der Waals surface area contributed by atoms with Gasteiger partial charge in [0.25, 0.3) is 0 Å². The van der Waals surface area contributed by atoms with E-state index in [-0.39, 0.29) is 5.75 Å². The van der Waals surface area contributed by atoms with E-state index < -0.39 is 10.0 Å². The lowest BCUT2D eigenvalue weighted by atomic mass is 9.73. The molecular weight excluding hydrogens is 248 g/mol. The summed E-state index contributed by atoms with van der Waals surface area (Å²) in [5.41, 5.74) is 0.346. The molecule has 0 saturated heterocycles. The van der Waals surface area contributed by atoms with Gasteiger partial charge in [0.05, 0.1) is 5.75 Å². The molecule has 0 radical (unpaired) electrons. The van der Waals surface area contributed by atoms with Crippen LogP contribution in [0.5, 0.6) is 0 Å². The normalized spacial score (nSPS) is 24.4. The van der Waals surface area contributed by atoms with E-state index in [2.05, 4.69) is 19.2 Å². The van der Waals surface area contributed by atoms with Crippen molar-refractivity contribution >= 4 is 10.0 Å². The van der Waals surface area contributed by atoms with Gasteiger partial charge in [-0.05, 0) is 31.2 Å². The number of hydrogen-bond donors (Lipinski definition) is 1. The Kier molecular flexibility index (Phi) is 5.62. The maximum absolute atomic E-state index is 11.6. The van der Waals surface area contributed by atoms with Gasteiger partial charge in [-0.25, -0.2) is 12.7 Å². The number of hydrogen-bond acceptors (Lipinski definition) is 3. The highest BCUT2D eigenvalue weighted by molar-refractivity contribution is 7.89. The van der Waals surface area contributed by atoms with Crippen molar-refractivity contribution in [3.8, 4) is 0 Å². The van der Waals surface area contributed by atoms with Crippen molar-refractivity contribution in [2.24, 2.45) is 5.41 Å². The molecule has 0 unspecified atom stereocenters. The van der Waals surface area contributed by atoms with Gasteiger partial charge in [0, 0.05) is 20.1 Å². The molecule has 5 heteroatoms. The third-order valence-electron chi connectivity index (χ3n) is 4.03. The van der Waals surface area contributed by atoms with E-state index in [1.807, 2.05) is 0 Å². The second kappa shape index (κ2) is 6.35. The van der Waals surface area contributed by atoms with Gasteiger partial charge >= 0.3 is 0 Å². The average Bonchev–Trinajstić information content (AvgIpc) is 2.25. The van der Waals surface area contributed by atoms with Gasteiger partial charge in [-0.3, -0.25) is 0 Å². The molecule has 1 aliphatic carbocycles. The lowest BCUT2D eigenvalue weighted by Gasteiger charge is -2.39. The molecule has 0 bridgehead atoms. The molecule has 0 amide bonds. The first kappa shape index (κ1) is 15.9. The molecular formula is C13H28N2O2S. The lowest BCUT2D eigenvalue weighted by molar-refractivity contribution is 0.168. The maximum atomic E-state index is 11.6. The van der Waals surface area contributed by atoms with Crippen LogP contribution in [0.15, 0.2) is 0 Å². The van der Waals surface area contributed by atoms with Gasteiger partial charge in [-0.15, -0.1) is 0 Å². The Labute approximate surface area is 112 Å². The first-order valence-electron chi connectivity index (χ1n) is 6.89. The van der Waals surface area contributed by atoms with E-state index in [0.717, 1.165) is 6.54 Å². The van der Waals surface area contributed by atoms with Crippen LogP contribution in [0.1, 0.15) is 46.0 Å². The standard InChI is InChI=1S/C13H28N2O2S/c1-13(2)9-6-5-8-12(13)14-10-7-11-18(16,17)15(3)4/h12,14H,5-11H2,1-4H3/t12-/m0/s1. The van der Waals surface area contributed by atoms with E-state index in [9.17, 15) is 8.42 Å². The minimum atomic E-state index is -3.04. The summed E-state index contributed by atoms with van der Waals surface area (Å²) in [4.78, 5) is 0. The minimum absolute atomic E-state index is 0.236. The molecule has 0 aromatic rings. The predicted octanol–water partition coefficient (Wildman–Crippen LogP) is 1.83. The highest BCUT2D eigenvalue weighted by Crippen LogP contribution is 2.35. The van der Waals surface area contributed by atoms with Crippen LogP contribution < -0.4 is 5.32 Å². The Hall–Kier alpha value is -0.130. The van der Waals surface area contributed by atoms with Crippen LogP contribution in [0, 0.1) is 5.41 Å². The van der Waals surface area contributed by atoms with Crippen molar-refractivity contribution in [3.05, 3.63) is 0 Å². The van der Waals surface area contributed by atoms with Crippen molar-refractivity contribution < 1.29 is 8.42 Å². The molecule has 0 heterocycles. The summed E-state index contributed by atoms with van der Waals surface area (Å²) >= 11 is 0. The average molecular weight is 276 g/mol. The van der Waals surface area contributed by atoms with Crippen LogP contribution in [0.3, 0.4) is 0 Å². The SMILES string of the molecule is CN(C)S(=O)(=O)CCCN[C@H]1CCCCC1(C)C. The fourth-order valence-electron chi connectivity index (χ4n) is 2.59. The van der Waals surface area contributed by atoms with E-state index in [4.69, 9.17) is 0 Å². The molecule has 108 valence electrons. The molecule has 1 atom stereocenters. The van der Waals surface area contributed by atoms with Crippen LogP contribution in [0.25, 0.3) is 0 Å². The molecule has 4 nitrogen and oxygen atoms in total. The molecule has 1 rings (SSSR count). The van der Waals surface area contributed by atoms with E-state index >= 15 is 0 Å². The molecule has 0 aromatic carbocycles. The number of rotatable bonds is 6. The highest BCUT2D eigenvalue weighted by Gasteiger charge is 2.31. The van der Waals surface area contributed by atoms with Gasteiger partial charge < -0.3 is 5.32 Å². The van der Waals surface area contributed by atoms with Gasteiger partial charge in [0.15, 0.2) is 0 Å². The number of nitrogens with one attached hydrogen (secondary N) is 1. The maximum Gasteiger partial charge on any atom is 0.213 e. The van der Waals surface area contributed by atoms with Gasteiger partial charge in [-0.2, -0.15) is 0 Å². The quantitative estimate of drug-likeness (QED) is 0.753. The summed E-state index contributed by atoms with van der Waals surface area (Å²) in [6.07, 6.45) is 5.78. The molecule has 0 spiro atoms. The molecule has 1 fully saturated rings. The van der Waals surface area contributed by atoms with Crippen molar-refractivity contribution in [2.75, 3.05) is 26.4 Å². The first-order valence-corrected chi connectivity index (χ1v) is 8.50. The summed E-state index contributed by atoms with van der Waals surface area (Å²) in [5, 5.41) is 3.54. The highest BCUT2D eigenvalue weighted by atomic mass is 32.2. The van der Waals surface area contributed by atoms with Crippen molar-refractivity contribution in [2.45, 2.75) is 52.0 Å². The monoisotopic (exact) mass is 276 g/mol.